The predicted molar refractivity (Wildman–Crippen MR) is 170 cm³/mol. The lowest BCUT2D eigenvalue weighted by molar-refractivity contribution is -0.129. The maximum absolute atomic E-state index is 13.4. The first-order valence-electron chi connectivity index (χ1n) is 14.4. The first kappa shape index (κ1) is 30.8. The zero-order valence-corrected chi connectivity index (χ0v) is 25.8. The van der Waals surface area contributed by atoms with E-state index in [0.29, 0.717) is 18.9 Å². The molecule has 5 rings (SSSR count). The third kappa shape index (κ3) is 7.85. The van der Waals surface area contributed by atoms with Gasteiger partial charge >= 0.3 is 6.09 Å². The van der Waals surface area contributed by atoms with Crippen LogP contribution in [0.15, 0.2) is 83.2 Å². The van der Waals surface area contributed by atoms with Crippen LogP contribution in [0.2, 0.25) is 0 Å². The molecule has 3 N–H and O–H groups in total. The van der Waals surface area contributed by atoms with E-state index in [9.17, 15) is 19.8 Å². The summed E-state index contributed by atoms with van der Waals surface area (Å²) in [6.07, 6.45) is -1.33. The fourth-order valence-electron chi connectivity index (χ4n) is 4.92. The second-order valence-corrected chi connectivity index (χ2v) is 12.8. The van der Waals surface area contributed by atoms with Crippen LogP contribution < -0.4 is 10.2 Å². The lowest BCUT2D eigenvalue weighted by atomic mass is 10.0. The highest BCUT2D eigenvalue weighted by atomic mass is 32.2. The molecule has 0 bridgehead atoms. The number of benzene rings is 3. The van der Waals surface area contributed by atoms with E-state index >= 15 is 0 Å². The third-order valence-corrected chi connectivity index (χ3v) is 9.32. The molecule has 1 aliphatic rings. The van der Waals surface area contributed by atoms with E-state index in [4.69, 9.17) is 4.74 Å². The Balaban J connectivity index is 1.32. The van der Waals surface area contributed by atoms with Gasteiger partial charge in [0.1, 0.15) is 5.75 Å². The number of para-hydroxylation sites is 2. The van der Waals surface area contributed by atoms with Crippen molar-refractivity contribution < 1.29 is 24.5 Å². The van der Waals surface area contributed by atoms with Crippen molar-refractivity contribution in [2.75, 3.05) is 24.5 Å². The molecule has 1 aliphatic heterocycles. The smallest absolute Gasteiger partial charge is 0.415 e. The molecule has 2 amide bonds. The van der Waals surface area contributed by atoms with Crippen LogP contribution in [0.25, 0.3) is 10.2 Å². The predicted octanol–water partition coefficient (Wildman–Crippen LogP) is 5.47. The highest BCUT2D eigenvalue weighted by Crippen LogP contribution is 2.31. The molecular formula is C32H36N4O5S2. The number of phenols is 1. The number of fused-ring (bicyclic) bond motifs is 1. The van der Waals surface area contributed by atoms with Gasteiger partial charge in [-0.25, -0.2) is 14.1 Å². The number of thiazole rings is 1. The highest BCUT2D eigenvalue weighted by Gasteiger charge is 2.39. The third-order valence-electron chi connectivity index (χ3n) is 7.51. The number of aliphatic hydroxyl groups is 1. The molecule has 0 radical (unpaired) electrons. The molecule has 3 aromatic carbocycles. The molecule has 0 saturated carbocycles. The van der Waals surface area contributed by atoms with Crippen LogP contribution in [0.3, 0.4) is 0 Å². The number of aliphatic hydroxyl groups excluding tert-OH is 1. The van der Waals surface area contributed by atoms with Gasteiger partial charge in [0.05, 0.1) is 40.1 Å². The summed E-state index contributed by atoms with van der Waals surface area (Å²) in [7, 11) is 0. The van der Waals surface area contributed by atoms with Gasteiger partial charge in [-0.05, 0) is 60.2 Å². The first-order chi connectivity index (χ1) is 20.8. The molecule has 4 unspecified atom stereocenters. The Morgan fingerprint density at radius 3 is 2.70 bits per heavy atom. The first-order valence-corrected chi connectivity index (χ1v) is 16.0. The number of rotatable bonds is 13. The molecule has 4 atom stereocenters. The molecular weight excluding hydrogens is 585 g/mol. The molecule has 43 heavy (non-hydrogen) atoms. The van der Waals surface area contributed by atoms with Gasteiger partial charge in [-0.1, -0.05) is 62.7 Å². The summed E-state index contributed by atoms with van der Waals surface area (Å²) in [6, 6.07) is 21.6. The van der Waals surface area contributed by atoms with Gasteiger partial charge in [-0.15, -0.1) is 11.3 Å². The quantitative estimate of drug-likeness (QED) is 0.169. The van der Waals surface area contributed by atoms with Gasteiger partial charge in [0, 0.05) is 18.0 Å². The Bertz CT molecular complexity index is 1530. The Morgan fingerprint density at radius 1 is 1.16 bits per heavy atom. The number of carbonyl (C=O) groups is 2. The number of ether oxygens (including phenoxy) is 1. The van der Waals surface area contributed by atoms with Crippen molar-refractivity contribution in [1.29, 1.82) is 0 Å². The van der Waals surface area contributed by atoms with Crippen molar-refractivity contribution in [3.63, 3.8) is 0 Å². The molecule has 1 aromatic heterocycles. The maximum atomic E-state index is 13.4. The number of anilines is 1. The van der Waals surface area contributed by atoms with E-state index in [0.717, 1.165) is 33.6 Å². The Morgan fingerprint density at radius 2 is 1.93 bits per heavy atom. The van der Waals surface area contributed by atoms with E-state index in [1.54, 1.807) is 41.5 Å². The van der Waals surface area contributed by atoms with Crippen molar-refractivity contribution in [3.05, 3.63) is 83.9 Å². The average Bonchev–Trinajstić information content (AvgIpc) is 3.63. The van der Waals surface area contributed by atoms with Gasteiger partial charge in [-0.3, -0.25) is 9.69 Å². The van der Waals surface area contributed by atoms with Gasteiger partial charge < -0.3 is 20.3 Å². The van der Waals surface area contributed by atoms with E-state index < -0.39 is 30.3 Å². The lowest BCUT2D eigenvalue weighted by Crippen LogP contribution is -2.52. The number of amides is 2. The zero-order valence-electron chi connectivity index (χ0n) is 24.1. The number of aromatic nitrogens is 1. The van der Waals surface area contributed by atoms with Crippen molar-refractivity contribution in [1.82, 2.24) is 14.6 Å². The Kier molecular flexibility index (Phi) is 10.2. The van der Waals surface area contributed by atoms with Crippen LogP contribution in [0.5, 0.6) is 5.75 Å². The van der Waals surface area contributed by atoms with Crippen molar-refractivity contribution >= 4 is 51.2 Å². The molecule has 226 valence electrons. The van der Waals surface area contributed by atoms with Gasteiger partial charge in [0.25, 0.3) is 5.91 Å². The maximum Gasteiger partial charge on any atom is 0.415 e. The molecule has 4 aromatic rings. The molecule has 2 heterocycles. The summed E-state index contributed by atoms with van der Waals surface area (Å²) in [5.41, 5.74) is 4.03. The number of cyclic esters (lactones) is 1. The van der Waals surface area contributed by atoms with Gasteiger partial charge in [0.2, 0.25) is 0 Å². The second-order valence-electron chi connectivity index (χ2n) is 10.8. The standard InChI is InChI=1S/C32H36N4O5S2/c1-3-21(2)17-35(43-23-13-14-24-30(16-23)42-20-33-24)18-28(38)25(15-22-9-5-4-6-10-22)34-31(39)29-19-36(32(40)41-29)26-11-7-8-12-27(26)37/h4-14,16,20-21,25,28-29,37-38H,3,15,17-19H2,1-2H3,(H,34,39). The van der Waals surface area contributed by atoms with E-state index in [1.807, 2.05) is 48.0 Å². The number of nitrogens with one attached hydrogen (secondary N) is 1. The van der Waals surface area contributed by atoms with Crippen molar-refractivity contribution in [2.24, 2.45) is 5.92 Å². The zero-order chi connectivity index (χ0) is 30.3. The van der Waals surface area contributed by atoms with E-state index in [-0.39, 0.29) is 18.0 Å². The second kappa shape index (κ2) is 14.2. The number of aromatic hydroxyl groups is 1. The summed E-state index contributed by atoms with van der Waals surface area (Å²) in [6.45, 7) is 5.34. The number of nitrogens with zero attached hydrogens (tertiary/aromatic N) is 3. The fourth-order valence-corrected chi connectivity index (χ4v) is 6.86. The minimum Gasteiger partial charge on any atom is -0.506 e. The SMILES string of the molecule is CCC(C)CN(CC(O)C(Cc1ccccc1)NC(=O)C1CN(c2ccccc2O)C(=O)O1)Sc1ccc2ncsc2c1. The molecule has 11 heteroatoms. The molecule has 1 saturated heterocycles. The van der Waals surface area contributed by atoms with Crippen LogP contribution >= 0.6 is 23.3 Å². The fraction of sp³-hybridized carbons (Fsp3) is 0.344. The topological polar surface area (TPSA) is 115 Å². The molecule has 9 nitrogen and oxygen atoms in total. The monoisotopic (exact) mass is 620 g/mol. The summed E-state index contributed by atoms with van der Waals surface area (Å²) < 4.78 is 8.65. The van der Waals surface area contributed by atoms with Crippen LogP contribution in [-0.2, 0) is 16.0 Å². The summed E-state index contributed by atoms with van der Waals surface area (Å²) >= 11 is 3.18. The largest absolute Gasteiger partial charge is 0.506 e. The number of hydrogen-bond acceptors (Lipinski definition) is 9. The lowest BCUT2D eigenvalue weighted by Gasteiger charge is -2.31. The number of carbonyl (C=O) groups excluding carboxylic acids is 2. The highest BCUT2D eigenvalue weighted by molar-refractivity contribution is 7.97. The minimum absolute atomic E-state index is 0.0492. The van der Waals surface area contributed by atoms with E-state index in [2.05, 4.69) is 34.5 Å². The van der Waals surface area contributed by atoms with Gasteiger partial charge in [-0.2, -0.15) is 0 Å². The van der Waals surface area contributed by atoms with Crippen LogP contribution in [0.4, 0.5) is 10.5 Å². The number of hydrogen-bond donors (Lipinski definition) is 3. The summed E-state index contributed by atoms with van der Waals surface area (Å²) in [5, 5.41) is 24.8. The molecule has 0 spiro atoms. The van der Waals surface area contributed by atoms with Gasteiger partial charge in [0.15, 0.2) is 6.10 Å². The van der Waals surface area contributed by atoms with Crippen LogP contribution in [0.1, 0.15) is 25.8 Å². The Hall–Kier alpha value is -3.64. The van der Waals surface area contributed by atoms with Crippen molar-refractivity contribution in [3.8, 4) is 5.75 Å². The normalized spacial score (nSPS) is 17.2. The summed E-state index contributed by atoms with van der Waals surface area (Å²) in [4.78, 5) is 32.7. The minimum atomic E-state index is -1.09. The molecule has 0 aliphatic carbocycles. The average molecular weight is 621 g/mol. The molecule has 1 fully saturated rings. The Labute approximate surface area is 259 Å². The van der Waals surface area contributed by atoms with Crippen LogP contribution in [0, 0.1) is 5.92 Å². The van der Waals surface area contributed by atoms with Crippen LogP contribution in [-0.4, -0.2) is 69.4 Å². The van der Waals surface area contributed by atoms with E-state index in [1.165, 1.54) is 11.0 Å². The van der Waals surface area contributed by atoms with Crippen molar-refractivity contribution in [2.45, 2.75) is 49.8 Å². The summed E-state index contributed by atoms with van der Waals surface area (Å²) in [5.74, 6) is -0.179. The number of phenolic OH excluding ortho intramolecular Hbond substituents is 1.